The van der Waals surface area contributed by atoms with Crippen molar-refractivity contribution in [3.8, 4) is 5.69 Å². The molecule has 33 heavy (non-hydrogen) atoms. The molecule has 0 N–H and O–H groups in total. The third-order valence-electron chi connectivity index (χ3n) is 5.98. The van der Waals surface area contributed by atoms with E-state index in [2.05, 4.69) is 12.0 Å². The lowest BCUT2D eigenvalue weighted by molar-refractivity contribution is -0.137. The molecule has 1 aliphatic rings. The van der Waals surface area contributed by atoms with Crippen molar-refractivity contribution in [2.45, 2.75) is 65.6 Å². The van der Waals surface area contributed by atoms with E-state index >= 15 is 0 Å². The first kappa shape index (κ1) is 24.8. The molecule has 3 rings (SSSR count). The van der Waals surface area contributed by atoms with E-state index < -0.39 is 17.7 Å². The highest BCUT2D eigenvalue weighted by Gasteiger charge is 2.35. The Kier molecular flexibility index (Phi) is 7.49. The molecule has 0 radical (unpaired) electrons. The second-order valence-electron chi connectivity index (χ2n) is 8.84. The molecule has 0 aliphatic heterocycles. The number of amides is 1. The van der Waals surface area contributed by atoms with Crippen LogP contribution in [0.1, 0.15) is 69.3 Å². The second kappa shape index (κ2) is 9.97. The Labute approximate surface area is 191 Å². The standard InChI is InChI=1S/C24H30F3N3O3/c1-5-33-23(32)20-14-29(19-8-6-7-18(13-19)24(25,26)27)28-21(20)30(15(2)3)22(31)17-11-9-16(4)10-12-17/h6-8,13-17H,5,9-12H2,1-4H3/t16-,17-. The lowest BCUT2D eigenvalue weighted by atomic mass is 9.82. The highest BCUT2D eigenvalue weighted by atomic mass is 19.4. The fourth-order valence-electron chi connectivity index (χ4n) is 4.16. The van der Waals surface area contributed by atoms with Gasteiger partial charge in [-0.3, -0.25) is 9.69 Å². The molecule has 0 unspecified atom stereocenters. The lowest BCUT2D eigenvalue weighted by Gasteiger charge is -2.32. The Balaban J connectivity index is 2.06. The Bertz CT molecular complexity index is 992. The number of carbonyl (C=O) groups is 2. The molecule has 0 spiro atoms. The van der Waals surface area contributed by atoms with Crippen LogP contribution in [-0.2, 0) is 15.7 Å². The fraction of sp³-hybridized carbons (Fsp3) is 0.542. The van der Waals surface area contributed by atoms with Gasteiger partial charge in [0.1, 0.15) is 5.56 Å². The number of anilines is 1. The number of alkyl halides is 3. The maximum absolute atomic E-state index is 13.5. The molecule has 6 nitrogen and oxygen atoms in total. The minimum absolute atomic E-state index is 0.0421. The number of aromatic nitrogens is 2. The quantitative estimate of drug-likeness (QED) is 0.518. The normalized spacial score (nSPS) is 18.9. The number of carbonyl (C=O) groups excluding carboxylic acids is 2. The SMILES string of the molecule is CCOC(=O)c1cn(-c2cccc(C(F)(F)F)c2)nc1N(C(=O)[C@H]1CC[C@H](C)CC1)C(C)C. The van der Waals surface area contributed by atoms with Gasteiger partial charge in [-0.1, -0.05) is 13.0 Å². The van der Waals surface area contributed by atoms with Crippen molar-refractivity contribution in [3.63, 3.8) is 0 Å². The Morgan fingerprint density at radius 1 is 1.21 bits per heavy atom. The van der Waals surface area contributed by atoms with Crippen molar-refractivity contribution in [2.24, 2.45) is 11.8 Å². The van der Waals surface area contributed by atoms with Crippen LogP contribution in [0.4, 0.5) is 19.0 Å². The molecule has 0 atom stereocenters. The zero-order valence-electron chi connectivity index (χ0n) is 19.4. The van der Waals surface area contributed by atoms with Crippen molar-refractivity contribution in [1.29, 1.82) is 0 Å². The van der Waals surface area contributed by atoms with Gasteiger partial charge in [0.15, 0.2) is 5.82 Å². The molecular formula is C24H30F3N3O3. The monoisotopic (exact) mass is 465 g/mol. The number of hydrogen-bond acceptors (Lipinski definition) is 4. The maximum Gasteiger partial charge on any atom is 0.416 e. The van der Waals surface area contributed by atoms with E-state index in [1.807, 2.05) is 13.8 Å². The Morgan fingerprint density at radius 2 is 1.88 bits per heavy atom. The molecule has 0 bridgehead atoms. The van der Waals surface area contributed by atoms with Gasteiger partial charge >= 0.3 is 12.1 Å². The predicted octanol–water partition coefficient (Wildman–Crippen LogP) is 5.64. The van der Waals surface area contributed by atoms with E-state index in [-0.39, 0.29) is 41.5 Å². The summed E-state index contributed by atoms with van der Waals surface area (Å²) in [6.07, 6.45) is 0.221. The van der Waals surface area contributed by atoms with Crippen molar-refractivity contribution < 1.29 is 27.5 Å². The molecule has 1 aromatic carbocycles. The summed E-state index contributed by atoms with van der Waals surface area (Å²) in [5, 5.41) is 4.41. The van der Waals surface area contributed by atoms with Gasteiger partial charge in [-0.05, 0) is 70.6 Å². The minimum Gasteiger partial charge on any atom is -0.462 e. The molecule has 180 valence electrons. The average Bonchev–Trinajstić information content (AvgIpc) is 3.18. The largest absolute Gasteiger partial charge is 0.462 e. The van der Waals surface area contributed by atoms with Crippen molar-refractivity contribution >= 4 is 17.7 Å². The highest BCUT2D eigenvalue weighted by Crippen LogP contribution is 2.34. The number of halogens is 3. The molecule has 1 fully saturated rings. The molecule has 1 aliphatic carbocycles. The van der Waals surface area contributed by atoms with Gasteiger partial charge < -0.3 is 4.74 Å². The van der Waals surface area contributed by atoms with Gasteiger partial charge in [-0.25, -0.2) is 9.48 Å². The summed E-state index contributed by atoms with van der Waals surface area (Å²) in [4.78, 5) is 27.7. The molecule has 0 saturated heterocycles. The predicted molar refractivity (Wildman–Crippen MR) is 118 cm³/mol. The summed E-state index contributed by atoms with van der Waals surface area (Å²) >= 11 is 0. The van der Waals surface area contributed by atoms with Crippen LogP contribution in [-0.4, -0.2) is 34.3 Å². The van der Waals surface area contributed by atoms with Gasteiger partial charge in [0.2, 0.25) is 5.91 Å². The van der Waals surface area contributed by atoms with E-state index in [4.69, 9.17) is 4.74 Å². The van der Waals surface area contributed by atoms with Crippen molar-refractivity contribution in [3.05, 3.63) is 41.6 Å². The van der Waals surface area contributed by atoms with E-state index in [0.29, 0.717) is 5.92 Å². The molecule has 9 heteroatoms. The Morgan fingerprint density at radius 3 is 2.45 bits per heavy atom. The molecule has 2 aromatic rings. The molecule has 1 amide bonds. The topological polar surface area (TPSA) is 64.4 Å². The van der Waals surface area contributed by atoms with E-state index in [0.717, 1.165) is 37.8 Å². The van der Waals surface area contributed by atoms with Crippen LogP contribution in [0.15, 0.2) is 30.5 Å². The summed E-state index contributed by atoms with van der Waals surface area (Å²) in [5.41, 5.74) is -0.660. The zero-order valence-corrected chi connectivity index (χ0v) is 19.4. The van der Waals surface area contributed by atoms with Crippen LogP contribution in [0, 0.1) is 11.8 Å². The van der Waals surface area contributed by atoms with Gasteiger partial charge in [0.25, 0.3) is 0 Å². The van der Waals surface area contributed by atoms with Crippen molar-refractivity contribution in [1.82, 2.24) is 9.78 Å². The van der Waals surface area contributed by atoms with Crippen molar-refractivity contribution in [2.75, 3.05) is 11.5 Å². The molecular weight excluding hydrogens is 435 g/mol. The number of rotatable bonds is 6. The maximum atomic E-state index is 13.5. The van der Waals surface area contributed by atoms with Gasteiger partial charge in [0, 0.05) is 18.2 Å². The number of hydrogen-bond donors (Lipinski definition) is 0. The van der Waals surface area contributed by atoms with E-state index in [1.54, 1.807) is 6.92 Å². The van der Waals surface area contributed by atoms with Crippen LogP contribution in [0.2, 0.25) is 0 Å². The first-order valence-corrected chi connectivity index (χ1v) is 11.3. The smallest absolute Gasteiger partial charge is 0.416 e. The first-order valence-electron chi connectivity index (χ1n) is 11.3. The van der Waals surface area contributed by atoms with Gasteiger partial charge in [-0.15, -0.1) is 5.10 Å². The molecule has 1 saturated carbocycles. The highest BCUT2D eigenvalue weighted by molar-refractivity contribution is 6.02. The van der Waals surface area contributed by atoms with Gasteiger partial charge in [-0.2, -0.15) is 13.2 Å². The number of nitrogens with zero attached hydrogens (tertiary/aromatic N) is 3. The third-order valence-corrected chi connectivity index (χ3v) is 5.98. The summed E-state index contributed by atoms with van der Waals surface area (Å²) in [5.74, 6) is -0.322. The number of ether oxygens (including phenoxy) is 1. The third kappa shape index (κ3) is 5.57. The fourth-order valence-corrected chi connectivity index (χ4v) is 4.16. The number of esters is 1. The van der Waals surface area contributed by atoms with Crippen LogP contribution in [0.3, 0.4) is 0 Å². The van der Waals surface area contributed by atoms with Gasteiger partial charge in [0.05, 0.1) is 17.9 Å². The van der Waals surface area contributed by atoms with E-state index in [9.17, 15) is 22.8 Å². The second-order valence-corrected chi connectivity index (χ2v) is 8.84. The summed E-state index contributed by atoms with van der Waals surface area (Å²) in [6, 6.07) is 4.35. The van der Waals surface area contributed by atoms with E-state index in [1.165, 1.54) is 27.9 Å². The summed E-state index contributed by atoms with van der Waals surface area (Å²) in [7, 11) is 0. The average molecular weight is 466 g/mol. The first-order chi connectivity index (χ1) is 15.5. The Hall–Kier alpha value is -2.84. The zero-order chi connectivity index (χ0) is 24.3. The van der Waals surface area contributed by atoms with Crippen LogP contribution in [0.25, 0.3) is 5.69 Å². The van der Waals surface area contributed by atoms with Crippen LogP contribution < -0.4 is 4.90 Å². The van der Waals surface area contributed by atoms with Crippen LogP contribution in [0.5, 0.6) is 0 Å². The summed E-state index contributed by atoms with van der Waals surface area (Å²) < 4.78 is 46.0. The summed E-state index contributed by atoms with van der Waals surface area (Å²) in [6.45, 7) is 7.58. The molecule has 1 heterocycles. The number of benzene rings is 1. The lowest BCUT2D eigenvalue weighted by Crippen LogP contribution is -2.43. The van der Waals surface area contributed by atoms with Crippen LogP contribution >= 0.6 is 0 Å². The minimum atomic E-state index is -4.52. The molecule has 1 aromatic heterocycles.